The summed E-state index contributed by atoms with van der Waals surface area (Å²) >= 11 is 7.95. The Morgan fingerprint density at radius 1 is 1.12 bits per heavy atom. The van der Waals surface area contributed by atoms with Crippen LogP contribution >= 0.6 is 23.4 Å². The second-order valence-electron chi connectivity index (χ2n) is 3.95. The lowest BCUT2D eigenvalue weighted by Crippen LogP contribution is -1.85. The van der Waals surface area contributed by atoms with Crippen LogP contribution < -0.4 is 5.73 Å². The fraction of sp³-hybridized carbons (Fsp3) is 0.143. The van der Waals surface area contributed by atoms with Gasteiger partial charge in [-0.25, -0.2) is 0 Å². The molecule has 3 heteroatoms. The van der Waals surface area contributed by atoms with Crippen molar-refractivity contribution < 1.29 is 0 Å². The van der Waals surface area contributed by atoms with Crippen molar-refractivity contribution in [3.8, 4) is 0 Å². The molecule has 0 aliphatic heterocycles. The second kappa shape index (κ2) is 5.48. The summed E-state index contributed by atoms with van der Waals surface area (Å²) in [6, 6.07) is 14.1. The van der Waals surface area contributed by atoms with E-state index in [1.807, 2.05) is 37.3 Å². The van der Waals surface area contributed by atoms with E-state index in [-0.39, 0.29) is 0 Å². The number of benzene rings is 2. The zero-order chi connectivity index (χ0) is 12.3. The van der Waals surface area contributed by atoms with Crippen molar-refractivity contribution in [2.75, 3.05) is 5.73 Å². The maximum Gasteiger partial charge on any atom is 0.0449 e. The van der Waals surface area contributed by atoms with Gasteiger partial charge in [0.05, 0.1) is 0 Å². The molecule has 0 radical (unpaired) electrons. The zero-order valence-corrected chi connectivity index (χ0v) is 11.2. The molecule has 0 aliphatic rings. The topological polar surface area (TPSA) is 26.0 Å². The summed E-state index contributed by atoms with van der Waals surface area (Å²) < 4.78 is 0. The predicted octanol–water partition coefficient (Wildman–Crippen LogP) is 4.52. The van der Waals surface area contributed by atoms with Gasteiger partial charge in [0, 0.05) is 21.4 Å². The van der Waals surface area contributed by atoms with Crippen LogP contribution in [0.5, 0.6) is 0 Å². The van der Waals surface area contributed by atoms with Crippen molar-refractivity contribution in [2.24, 2.45) is 0 Å². The fourth-order valence-corrected chi connectivity index (χ4v) is 2.78. The Kier molecular flexibility index (Phi) is 3.97. The summed E-state index contributed by atoms with van der Waals surface area (Å²) in [5, 5.41) is 0.841. The van der Waals surface area contributed by atoms with Crippen molar-refractivity contribution >= 4 is 29.1 Å². The van der Waals surface area contributed by atoms with Crippen molar-refractivity contribution in [1.82, 2.24) is 0 Å². The SMILES string of the molecule is Cc1ccc(CSc2ccc(N)cc2)c(Cl)c1. The number of anilines is 1. The Labute approximate surface area is 111 Å². The Hall–Kier alpha value is -1.12. The van der Waals surface area contributed by atoms with Crippen LogP contribution in [-0.2, 0) is 5.75 Å². The second-order valence-corrected chi connectivity index (χ2v) is 5.41. The van der Waals surface area contributed by atoms with E-state index in [0.717, 1.165) is 16.5 Å². The molecule has 88 valence electrons. The van der Waals surface area contributed by atoms with Gasteiger partial charge < -0.3 is 5.73 Å². The van der Waals surface area contributed by atoms with E-state index >= 15 is 0 Å². The monoisotopic (exact) mass is 263 g/mol. The summed E-state index contributed by atoms with van der Waals surface area (Å²) in [4.78, 5) is 1.20. The van der Waals surface area contributed by atoms with Gasteiger partial charge in [-0.05, 0) is 48.4 Å². The number of nitrogens with two attached hydrogens (primary N) is 1. The molecule has 0 atom stereocenters. The van der Waals surface area contributed by atoms with Gasteiger partial charge in [0.15, 0.2) is 0 Å². The lowest BCUT2D eigenvalue weighted by Gasteiger charge is -2.05. The Morgan fingerprint density at radius 3 is 2.47 bits per heavy atom. The maximum atomic E-state index is 6.19. The molecule has 0 fully saturated rings. The van der Waals surface area contributed by atoms with Crippen LogP contribution in [0.1, 0.15) is 11.1 Å². The minimum atomic E-state index is 0.794. The van der Waals surface area contributed by atoms with Crippen LogP contribution in [-0.4, -0.2) is 0 Å². The third-order valence-electron chi connectivity index (χ3n) is 2.48. The van der Waals surface area contributed by atoms with Crippen LogP contribution in [0, 0.1) is 6.92 Å². The molecule has 2 aromatic carbocycles. The van der Waals surface area contributed by atoms with Gasteiger partial charge in [-0.1, -0.05) is 23.7 Å². The third kappa shape index (κ3) is 3.42. The van der Waals surface area contributed by atoms with E-state index in [9.17, 15) is 0 Å². The van der Waals surface area contributed by atoms with Crippen LogP contribution in [0.2, 0.25) is 5.02 Å². The Bertz CT molecular complexity index is 508. The number of hydrogen-bond acceptors (Lipinski definition) is 2. The molecule has 0 amide bonds. The lowest BCUT2D eigenvalue weighted by atomic mass is 10.2. The van der Waals surface area contributed by atoms with E-state index in [4.69, 9.17) is 17.3 Å². The van der Waals surface area contributed by atoms with Crippen LogP contribution in [0.15, 0.2) is 47.4 Å². The summed E-state index contributed by atoms with van der Waals surface area (Å²) in [7, 11) is 0. The Morgan fingerprint density at radius 2 is 1.82 bits per heavy atom. The van der Waals surface area contributed by atoms with Gasteiger partial charge >= 0.3 is 0 Å². The number of hydrogen-bond donors (Lipinski definition) is 1. The van der Waals surface area contributed by atoms with Gasteiger partial charge in [-0.3, -0.25) is 0 Å². The van der Waals surface area contributed by atoms with Crippen molar-refractivity contribution in [3.05, 3.63) is 58.6 Å². The normalized spacial score (nSPS) is 10.5. The fourth-order valence-electron chi connectivity index (χ4n) is 1.49. The largest absolute Gasteiger partial charge is 0.399 e. The van der Waals surface area contributed by atoms with Crippen molar-refractivity contribution in [1.29, 1.82) is 0 Å². The molecule has 0 aliphatic carbocycles. The highest BCUT2D eigenvalue weighted by atomic mass is 35.5. The summed E-state index contributed by atoms with van der Waals surface area (Å²) in [6.07, 6.45) is 0. The maximum absolute atomic E-state index is 6.19. The number of halogens is 1. The number of aryl methyl sites for hydroxylation is 1. The van der Waals surface area contributed by atoms with E-state index in [0.29, 0.717) is 0 Å². The molecule has 0 saturated heterocycles. The summed E-state index contributed by atoms with van der Waals surface area (Å²) in [5.41, 5.74) is 8.80. The Balaban J connectivity index is 2.04. The van der Waals surface area contributed by atoms with Crippen LogP contribution in [0.3, 0.4) is 0 Å². The molecule has 2 aromatic rings. The number of nitrogen functional groups attached to an aromatic ring is 1. The van der Waals surface area contributed by atoms with E-state index < -0.39 is 0 Å². The molecule has 17 heavy (non-hydrogen) atoms. The van der Waals surface area contributed by atoms with E-state index in [1.165, 1.54) is 16.0 Å². The quantitative estimate of drug-likeness (QED) is 0.651. The first kappa shape index (κ1) is 12.3. The zero-order valence-electron chi connectivity index (χ0n) is 9.61. The van der Waals surface area contributed by atoms with Gasteiger partial charge in [-0.15, -0.1) is 11.8 Å². The first-order valence-electron chi connectivity index (χ1n) is 5.38. The minimum Gasteiger partial charge on any atom is -0.399 e. The smallest absolute Gasteiger partial charge is 0.0449 e. The first-order valence-corrected chi connectivity index (χ1v) is 6.75. The van der Waals surface area contributed by atoms with Gasteiger partial charge in [0.2, 0.25) is 0 Å². The van der Waals surface area contributed by atoms with Gasteiger partial charge in [0.1, 0.15) is 0 Å². The molecule has 0 aromatic heterocycles. The molecule has 2 rings (SSSR count). The van der Waals surface area contributed by atoms with Gasteiger partial charge in [-0.2, -0.15) is 0 Å². The first-order chi connectivity index (χ1) is 8.15. The lowest BCUT2D eigenvalue weighted by molar-refractivity contribution is 1.35. The molecule has 0 unspecified atom stereocenters. The molecular weight excluding hydrogens is 250 g/mol. The molecule has 2 N–H and O–H groups in total. The third-order valence-corrected chi connectivity index (χ3v) is 3.90. The number of rotatable bonds is 3. The van der Waals surface area contributed by atoms with E-state index in [2.05, 4.69) is 12.1 Å². The summed E-state index contributed by atoms with van der Waals surface area (Å²) in [6.45, 7) is 2.04. The van der Waals surface area contributed by atoms with E-state index in [1.54, 1.807) is 11.8 Å². The molecule has 0 spiro atoms. The average Bonchev–Trinajstić information content (AvgIpc) is 2.30. The van der Waals surface area contributed by atoms with Gasteiger partial charge in [0.25, 0.3) is 0 Å². The molecule has 0 heterocycles. The molecule has 0 bridgehead atoms. The molecule has 1 nitrogen and oxygen atoms in total. The van der Waals surface area contributed by atoms with Crippen molar-refractivity contribution in [2.45, 2.75) is 17.6 Å². The summed E-state index contributed by atoms with van der Waals surface area (Å²) in [5.74, 6) is 0.878. The predicted molar refractivity (Wildman–Crippen MR) is 76.6 cm³/mol. The highest BCUT2D eigenvalue weighted by Crippen LogP contribution is 2.27. The highest BCUT2D eigenvalue weighted by Gasteiger charge is 2.01. The minimum absolute atomic E-state index is 0.794. The average molecular weight is 264 g/mol. The molecule has 0 saturated carbocycles. The number of thioether (sulfide) groups is 1. The standard InChI is InChI=1S/C14H14ClNS/c1-10-2-3-11(14(15)8-10)9-17-13-6-4-12(16)5-7-13/h2-8H,9,16H2,1H3. The molecular formula is C14H14ClNS. The van der Waals surface area contributed by atoms with Crippen LogP contribution in [0.4, 0.5) is 5.69 Å². The van der Waals surface area contributed by atoms with Crippen molar-refractivity contribution in [3.63, 3.8) is 0 Å². The highest BCUT2D eigenvalue weighted by molar-refractivity contribution is 7.98. The van der Waals surface area contributed by atoms with Crippen LogP contribution in [0.25, 0.3) is 0 Å².